The van der Waals surface area contributed by atoms with E-state index in [1.54, 1.807) is 0 Å². The van der Waals surface area contributed by atoms with Crippen LogP contribution in [0.25, 0.3) is 0 Å². The monoisotopic (exact) mass is 175 g/mol. The van der Waals surface area contributed by atoms with Crippen molar-refractivity contribution in [3.63, 3.8) is 0 Å². The number of ether oxygens (including phenoxy) is 1. The van der Waals surface area contributed by atoms with Gasteiger partial charge in [-0.1, -0.05) is 0 Å². The summed E-state index contributed by atoms with van der Waals surface area (Å²) >= 11 is 0. The molecule has 0 bridgehead atoms. The summed E-state index contributed by atoms with van der Waals surface area (Å²) in [5.41, 5.74) is 0. The van der Waals surface area contributed by atoms with E-state index in [1.807, 2.05) is 0 Å². The molecule has 0 saturated carbocycles. The van der Waals surface area contributed by atoms with Crippen LogP contribution in [0.2, 0.25) is 0 Å². The number of nitro groups is 1. The Balaban J connectivity index is 4.41. The van der Waals surface area contributed by atoms with Gasteiger partial charge in [0, 0.05) is 11.8 Å². The van der Waals surface area contributed by atoms with Crippen LogP contribution in [0.1, 0.15) is 13.8 Å². The average Bonchev–Trinajstić information content (AvgIpc) is 1.85. The molecule has 0 spiro atoms. The van der Waals surface area contributed by atoms with E-state index in [2.05, 4.69) is 4.74 Å². The number of nitrogens with zero attached hydrogens (tertiary/aromatic N) is 1. The standard InChI is InChI=1S/C6H9NO5/c1-3-12-6(9)5(4(2)8)7(10)11/h5H,3H2,1-2H3/t5-/m1/s1. The Hall–Kier alpha value is -1.46. The maximum Gasteiger partial charge on any atom is 0.389 e. The number of Topliss-reactive ketones (excluding diaryl/α,β-unsaturated/α-hetero) is 1. The lowest BCUT2D eigenvalue weighted by atomic mass is 10.2. The maximum absolute atomic E-state index is 10.7. The Morgan fingerprint density at radius 2 is 2.08 bits per heavy atom. The third-order valence-electron chi connectivity index (χ3n) is 1.11. The van der Waals surface area contributed by atoms with Crippen molar-refractivity contribution in [2.75, 3.05) is 6.61 Å². The topological polar surface area (TPSA) is 86.5 Å². The molecule has 0 aliphatic carbocycles. The van der Waals surface area contributed by atoms with Crippen molar-refractivity contribution < 1.29 is 19.2 Å². The molecule has 0 aromatic carbocycles. The van der Waals surface area contributed by atoms with E-state index in [4.69, 9.17) is 0 Å². The first-order valence-corrected chi connectivity index (χ1v) is 3.31. The van der Waals surface area contributed by atoms with E-state index in [1.165, 1.54) is 6.92 Å². The van der Waals surface area contributed by atoms with Crippen LogP contribution in [0.5, 0.6) is 0 Å². The van der Waals surface area contributed by atoms with Gasteiger partial charge in [0.05, 0.1) is 6.61 Å². The highest BCUT2D eigenvalue weighted by Gasteiger charge is 2.36. The molecule has 0 aromatic heterocycles. The van der Waals surface area contributed by atoms with Crippen molar-refractivity contribution >= 4 is 11.8 Å². The fourth-order valence-electron chi connectivity index (χ4n) is 0.622. The predicted octanol–water partition coefficient (Wildman–Crippen LogP) is -0.216. The molecule has 0 aromatic rings. The number of ketones is 1. The molecule has 0 rings (SSSR count). The quantitative estimate of drug-likeness (QED) is 0.255. The summed E-state index contributed by atoms with van der Waals surface area (Å²) in [6.45, 7) is 2.51. The van der Waals surface area contributed by atoms with E-state index in [9.17, 15) is 19.7 Å². The van der Waals surface area contributed by atoms with Gasteiger partial charge in [-0.05, 0) is 6.92 Å². The smallest absolute Gasteiger partial charge is 0.389 e. The number of carbonyl (C=O) groups is 2. The van der Waals surface area contributed by atoms with E-state index < -0.39 is 22.7 Å². The normalized spacial score (nSPS) is 11.8. The molecule has 0 aliphatic heterocycles. The summed E-state index contributed by atoms with van der Waals surface area (Å²) in [4.78, 5) is 30.5. The van der Waals surface area contributed by atoms with Gasteiger partial charge >= 0.3 is 12.0 Å². The minimum absolute atomic E-state index is 0.0243. The van der Waals surface area contributed by atoms with Crippen LogP contribution in [0.15, 0.2) is 0 Å². The Morgan fingerprint density at radius 3 is 2.33 bits per heavy atom. The lowest BCUT2D eigenvalue weighted by molar-refractivity contribution is -0.496. The molecule has 0 aliphatic rings. The Kier molecular flexibility index (Phi) is 3.89. The highest BCUT2D eigenvalue weighted by Crippen LogP contribution is 1.95. The molecule has 0 heterocycles. The second-order valence-corrected chi connectivity index (χ2v) is 2.05. The zero-order valence-corrected chi connectivity index (χ0v) is 6.77. The third-order valence-corrected chi connectivity index (χ3v) is 1.11. The van der Waals surface area contributed by atoms with Crippen LogP contribution >= 0.6 is 0 Å². The summed E-state index contributed by atoms with van der Waals surface area (Å²) < 4.78 is 4.33. The second-order valence-electron chi connectivity index (χ2n) is 2.05. The lowest BCUT2D eigenvalue weighted by Crippen LogP contribution is -2.37. The van der Waals surface area contributed by atoms with Crippen molar-refractivity contribution in [3.8, 4) is 0 Å². The average molecular weight is 175 g/mol. The maximum atomic E-state index is 10.7. The first-order valence-electron chi connectivity index (χ1n) is 3.31. The summed E-state index contributed by atoms with van der Waals surface area (Å²) in [5, 5.41) is 10.1. The van der Waals surface area contributed by atoms with Gasteiger partial charge in [0.2, 0.25) is 5.78 Å². The van der Waals surface area contributed by atoms with Crippen LogP contribution in [0, 0.1) is 10.1 Å². The molecule has 0 radical (unpaired) electrons. The molecule has 12 heavy (non-hydrogen) atoms. The number of rotatable bonds is 4. The van der Waals surface area contributed by atoms with Gasteiger partial charge in [0.25, 0.3) is 0 Å². The molecule has 0 amide bonds. The Morgan fingerprint density at radius 1 is 1.58 bits per heavy atom. The van der Waals surface area contributed by atoms with Crippen LogP contribution in [0.3, 0.4) is 0 Å². The zero-order chi connectivity index (χ0) is 9.72. The Bertz CT molecular complexity index is 198. The van der Waals surface area contributed by atoms with Crippen molar-refractivity contribution in [3.05, 3.63) is 10.1 Å². The largest absolute Gasteiger partial charge is 0.461 e. The van der Waals surface area contributed by atoms with Crippen molar-refractivity contribution in [1.29, 1.82) is 0 Å². The van der Waals surface area contributed by atoms with Crippen molar-refractivity contribution in [2.45, 2.75) is 19.9 Å². The summed E-state index contributed by atoms with van der Waals surface area (Å²) in [6, 6.07) is -1.87. The van der Waals surface area contributed by atoms with Crippen LogP contribution in [0.4, 0.5) is 0 Å². The first-order chi connectivity index (χ1) is 5.50. The van der Waals surface area contributed by atoms with Crippen LogP contribution < -0.4 is 0 Å². The van der Waals surface area contributed by atoms with Gasteiger partial charge in [-0.3, -0.25) is 14.9 Å². The van der Waals surface area contributed by atoms with Crippen molar-refractivity contribution in [2.24, 2.45) is 0 Å². The van der Waals surface area contributed by atoms with Gasteiger partial charge in [0.1, 0.15) is 0 Å². The van der Waals surface area contributed by atoms with E-state index in [-0.39, 0.29) is 6.61 Å². The van der Waals surface area contributed by atoms with Crippen LogP contribution in [-0.2, 0) is 14.3 Å². The molecule has 0 fully saturated rings. The van der Waals surface area contributed by atoms with Gasteiger partial charge in [-0.25, -0.2) is 4.79 Å². The molecule has 6 heteroatoms. The van der Waals surface area contributed by atoms with Gasteiger partial charge in [-0.15, -0.1) is 0 Å². The predicted molar refractivity (Wildman–Crippen MR) is 38.1 cm³/mol. The minimum Gasteiger partial charge on any atom is -0.461 e. The highest BCUT2D eigenvalue weighted by atomic mass is 16.6. The summed E-state index contributed by atoms with van der Waals surface area (Å²) in [5.74, 6) is -1.92. The number of hydrogen-bond acceptors (Lipinski definition) is 5. The fourth-order valence-corrected chi connectivity index (χ4v) is 0.622. The molecule has 1 atom stereocenters. The molecule has 0 N–H and O–H groups in total. The molecule has 0 saturated heterocycles. The molecule has 0 unspecified atom stereocenters. The second kappa shape index (κ2) is 4.42. The van der Waals surface area contributed by atoms with Crippen LogP contribution in [-0.4, -0.2) is 29.3 Å². The SMILES string of the molecule is CCOC(=O)[C@@H](C(C)=O)[N+](=O)[O-]. The van der Waals surface area contributed by atoms with E-state index in [0.717, 1.165) is 6.92 Å². The number of carbonyl (C=O) groups excluding carboxylic acids is 2. The van der Waals surface area contributed by atoms with E-state index >= 15 is 0 Å². The molecule has 68 valence electrons. The summed E-state index contributed by atoms with van der Waals surface area (Å²) in [6.07, 6.45) is 0. The molecular weight excluding hydrogens is 166 g/mol. The Labute approximate surface area is 68.7 Å². The zero-order valence-electron chi connectivity index (χ0n) is 6.77. The number of esters is 1. The third kappa shape index (κ3) is 2.65. The summed E-state index contributed by atoms with van der Waals surface area (Å²) in [7, 11) is 0. The molecule has 6 nitrogen and oxygen atoms in total. The first kappa shape index (κ1) is 10.5. The highest BCUT2D eigenvalue weighted by molar-refractivity contribution is 6.00. The van der Waals surface area contributed by atoms with Crippen molar-refractivity contribution in [1.82, 2.24) is 0 Å². The van der Waals surface area contributed by atoms with Gasteiger partial charge in [0.15, 0.2) is 0 Å². The van der Waals surface area contributed by atoms with E-state index in [0.29, 0.717) is 0 Å². The minimum atomic E-state index is -1.87. The molecular formula is C6H9NO5. The van der Waals surface area contributed by atoms with Gasteiger partial charge in [-0.2, -0.15) is 0 Å². The number of hydrogen-bond donors (Lipinski definition) is 0. The lowest BCUT2D eigenvalue weighted by Gasteiger charge is -2.03. The van der Waals surface area contributed by atoms with Gasteiger partial charge < -0.3 is 4.74 Å². The fraction of sp³-hybridized carbons (Fsp3) is 0.667.